The molecule has 1 saturated heterocycles. The fourth-order valence-electron chi connectivity index (χ4n) is 8.73. The van der Waals surface area contributed by atoms with Crippen LogP contribution in [0.15, 0.2) is 41.9 Å². The number of likely N-dealkylation sites (N-methyl/N-ethyl adjacent to an activating group) is 1. The minimum absolute atomic E-state index is 0.118. The van der Waals surface area contributed by atoms with Crippen molar-refractivity contribution in [3.8, 4) is 22.5 Å². The topological polar surface area (TPSA) is 151 Å². The number of carbonyl (C=O) groups excluding carboxylic acids is 4. The highest BCUT2D eigenvalue weighted by Gasteiger charge is 2.40. The molecule has 15 heteroatoms. The van der Waals surface area contributed by atoms with Gasteiger partial charge in [-0.25, -0.2) is 15.2 Å². The van der Waals surface area contributed by atoms with Crippen LogP contribution in [0.2, 0.25) is 0 Å². The second-order valence-corrected chi connectivity index (χ2v) is 18.6. The minimum atomic E-state index is -1.03. The smallest absolute Gasteiger partial charge is 0.324 e. The van der Waals surface area contributed by atoms with Gasteiger partial charge in [-0.2, -0.15) is 0 Å². The Hall–Kier alpha value is -4.86. The molecule has 3 aliphatic rings. The SMILES string of the molecule is CCn1c(-c2cccnc2[C@H](C)OC)c2c3cc(ccc31)-c1csc(n1)C[C@H](NC(=O)C(C(C)C)N(C)C(=O)N(C)C1CC1)C(=O)N1CCC[C@H](N1)C(=O)OCC(C)(C)C2. The number of nitrogens with zero attached hydrogens (tertiary/aromatic N) is 6. The summed E-state index contributed by atoms with van der Waals surface area (Å²) in [6.07, 6.45) is 5.21. The van der Waals surface area contributed by atoms with E-state index in [-0.39, 0.29) is 43.0 Å². The lowest BCUT2D eigenvalue weighted by Gasteiger charge is -2.37. The third-order valence-electron chi connectivity index (χ3n) is 12.2. The number of urea groups is 1. The molecule has 2 fully saturated rings. The second-order valence-electron chi connectivity index (χ2n) is 17.7. The molecular formula is C45H60N8O6S. The third-order valence-corrected chi connectivity index (χ3v) is 13.0. The highest BCUT2D eigenvalue weighted by atomic mass is 32.1. The van der Waals surface area contributed by atoms with Gasteiger partial charge in [0.2, 0.25) is 5.91 Å². The van der Waals surface area contributed by atoms with Gasteiger partial charge in [-0.15, -0.1) is 11.3 Å². The van der Waals surface area contributed by atoms with Crippen LogP contribution in [0.5, 0.6) is 0 Å². The maximum atomic E-state index is 14.5. The van der Waals surface area contributed by atoms with Gasteiger partial charge in [-0.3, -0.25) is 24.4 Å². The number of pyridine rings is 1. The van der Waals surface area contributed by atoms with E-state index in [0.29, 0.717) is 37.4 Å². The first-order valence-corrected chi connectivity index (χ1v) is 22.1. The first kappa shape index (κ1) is 43.2. The van der Waals surface area contributed by atoms with Crippen LogP contribution >= 0.6 is 11.3 Å². The number of rotatable bonds is 9. The van der Waals surface area contributed by atoms with E-state index in [1.165, 1.54) is 21.2 Å². The van der Waals surface area contributed by atoms with Gasteiger partial charge in [0, 0.05) is 85.8 Å². The van der Waals surface area contributed by atoms with E-state index in [9.17, 15) is 19.2 Å². The predicted molar refractivity (Wildman–Crippen MR) is 232 cm³/mol. The first-order chi connectivity index (χ1) is 28.6. The number of aryl methyl sites for hydroxylation is 1. The molecule has 4 atom stereocenters. The Morgan fingerprint density at radius 3 is 2.60 bits per heavy atom. The maximum absolute atomic E-state index is 14.5. The molecule has 1 aromatic carbocycles. The van der Waals surface area contributed by atoms with Crippen molar-refractivity contribution >= 4 is 46.1 Å². The summed E-state index contributed by atoms with van der Waals surface area (Å²) in [5, 5.41) is 8.20. The quantitative estimate of drug-likeness (QED) is 0.183. The summed E-state index contributed by atoms with van der Waals surface area (Å²) in [5.74, 6) is -1.49. The van der Waals surface area contributed by atoms with Crippen molar-refractivity contribution < 1.29 is 28.7 Å². The number of fused-ring (bicyclic) bond motifs is 6. The summed E-state index contributed by atoms with van der Waals surface area (Å²) in [4.78, 5) is 69.0. The predicted octanol–water partition coefficient (Wildman–Crippen LogP) is 6.37. The van der Waals surface area contributed by atoms with Crippen LogP contribution in [-0.4, -0.2) is 112 Å². The number of hydrogen-bond donors (Lipinski definition) is 2. The molecule has 0 radical (unpaired) electrons. The van der Waals surface area contributed by atoms with Gasteiger partial charge >= 0.3 is 12.0 Å². The molecule has 3 aromatic heterocycles. The normalized spacial score (nSPS) is 20.7. The number of benzene rings is 1. The number of hydrogen-bond acceptors (Lipinski definition) is 10. The Morgan fingerprint density at radius 1 is 1.13 bits per heavy atom. The standard InChI is InChI=1S/C45H60N8O6S/c1-10-52-36-18-15-28-21-31(36)32(40(52)30-13-11-19-46-38(30)27(4)58-9)23-45(5,6)25-59-43(56)33-14-12-20-53(49-33)42(55)34(22-37-47-35(28)24-60-37)48-41(54)39(26(2)3)51(8)44(57)50(7)29-16-17-29/h11,13,15,18-19,21,24,26-27,29,33-34,39,49H,10,12,14,16-17,20,22-23,25H2,1-9H3,(H,48,54)/t27-,33-,34-,39?/m0/s1. The molecule has 2 N–H and O–H groups in total. The molecule has 60 heavy (non-hydrogen) atoms. The highest BCUT2D eigenvalue weighted by Crippen LogP contribution is 2.42. The number of amides is 4. The zero-order valence-corrected chi connectivity index (χ0v) is 37.2. The van der Waals surface area contributed by atoms with E-state index in [1.54, 1.807) is 32.3 Å². The van der Waals surface area contributed by atoms with Crippen LogP contribution < -0.4 is 10.7 Å². The molecule has 7 rings (SSSR count). The van der Waals surface area contributed by atoms with E-state index < -0.39 is 35.4 Å². The Bertz CT molecular complexity index is 2250. The maximum Gasteiger partial charge on any atom is 0.324 e. The molecule has 322 valence electrons. The molecular weight excluding hydrogens is 781 g/mol. The van der Waals surface area contributed by atoms with Crippen molar-refractivity contribution in [3.63, 3.8) is 0 Å². The molecule has 2 aliphatic heterocycles. The lowest BCUT2D eigenvalue weighted by atomic mass is 9.84. The molecule has 6 bridgehead atoms. The fourth-order valence-corrected chi connectivity index (χ4v) is 9.58. The summed E-state index contributed by atoms with van der Waals surface area (Å²) in [5.41, 5.74) is 9.40. The van der Waals surface area contributed by atoms with Crippen LogP contribution in [0.1, 0.15) is 89.6 Å². The number of ether oxygens (including phenoxy) is 2. The minimum Gasteiger partial charge on any atom is -0.464 e. The lowest BCUT2D eigenvalue weighted by molar-refractivity contribution is -0.155. The molecule has 4 aromatic rings. The van der Waals surface area contributed by atoms with Crippen molar-refractivity contribution in [2.24, 2.45) is 11.3 Å². The third kappa shape index (κ3) is 8.80. The molecule has 5 heterocycles. The number of thiazole rings is 1. The average Bonchev–Trinajstić information content (AvgIpc) is 3.92. The summed E-state index contributed by atoms with van der Waals surface area (Å²) < 4.78 is 14.2. The molecule has 0 spiro atoms. The van der Waals surface area contributed by atoms with Gasteiger partial charge in [0.15, 0.2) is 0 Å². The van der Waals surface area contributed by atoms with Gasteiger partial charge in [0.05, 0.1) is 34.8 Å². The van der Waals surface area contributed by atoms with Gasteiger partial charge < -0.3 is 29.2 Å². The van der Waals surface area contributed by atoms with Crippen LogP contribution in [0.25, 0.3) is 33.4 Å². The molecule has 1 aliphatic carbocycles. The Labute approximate surface area is 357 Å². The number of cyclic esters (lactones) is 1. The number of esters is 1. The average molecular weight is 841 g/mol. The van der Waals surface area contributed by atoms with Gasteiger partial charge in [0.25, 0.3) is 5.91 Å². The number of aromatic nitrogens is 3. The number of nitrogens with one attached hydrogen (secondary N) is 2. The van der Waals surface area contributed by atoms with Crippen LogP contribution in [-0.2, 0) is 43.2 Å². The van der Waals surface area contributed by atoms with E-state index in [4.69, 9.17) is 19.4 Å². The van der Waals surface area contributed by atoms with E-state index >= 15 is 0 Å². The van der Waals surface area contributed by atoms with Gasteiger partial charge in [-0.1, -0.05) is 33.8 Å². The number of carbonyl (C=O) groups is 4. The molecule has 1 unspecified atom stereocenters. The zero-order chi connectivity index (χ0) is 43.0. The van der Waals surface area contributed by atoms with Crippen LogP contribution in [0, 0.1) is 11.3 Å². The van der Waals surface area contributed by atoms with E-state index in [1.807, 2.05) is 32.2 Å². The van der Waals surface area contributed by atoms with E-state index in [2.05, 4.69) is 60.3 Å². The fraction of sp³-hybridized carbons (Fsp3) is 0.556. The van der Waals surface area contributed by atoms with Gasteiger partial charge in [0.1, 0.15) is 18.1 Å². The first-order valence-electron chi connectivity index (χ1n) is 21.2. The second kappa shape index (κ2) is 17.6. The van der Waals surface area contributed by atoms with E-state index in [0.717, 1.165) is 57.5 Å². The lowest BCUT2D eigenvalue weighted by Crippen LogP contribution is -2.62. The highest BCUT2D eigenvalue weighted by molar-refractivity contribution is 7.10. The summed E-state index contributed by atoms with van der Waals surface area (Å²) >= 11 is 1.43. The van der Waals surface area contributed by atoms with Crippen molar-refractivity contribution in [2.75, 3.05) is 34.4 Å². The Kier molecular flexibility index (Phi) is 12.7. The summed E-state index contributed by atoms with van der Waals surface area (Å²) in [7, 11) is 5.10. The summed E-state index contributed by atoms with van der Waals surface area (Å²) in [6.45, 7) is 13.3. The molecule has 14 nitrogen and oxygen atoms in total. The largest absolute Gasteiger partial charge is 0.464 e. The monoisotopic (exact) mass is 840 g/mol. The van der Waals surface area contributed by atoms with Crippen LogP contribution in [0.4, 0.5) is 4.79 Å². The number of hydrazine groups is 1. The molecule has 1 saturated carbocycles. The van der Waals surface area contributed by atoms with Crippen molar-refractivity contribution in [3.05, 3.63) is 58.2 Å². The number of methoxy groups -OCH3 is 1. The van der Waals surface area contributed by atoms with Crippen molar-refractivity contribution in [1.82, 2.24) is 40.1 Å². The van der Waals surface area contributed by atoms with Crippen molar-refractivity contribution in [2.45, 2.75) is 117 Å². The van der Waals surface area contributed by atoms with Crippen LogP contribution in [0.3, 0.4) is 0 Å². The Balaban J connectivity index is 1.30. The zero-order valence-electron chi connectivity index (χ0n) is 36.4. The van der Waals surface area contributed by atoms with Gasteiger partial charge in [-0.05, 0) is 81.7 Å². The Morgan fingerprint density at radius 2 is 1.90 bits per heavy atom. The van der Waals surface area contributed by atoms with Crippen molar-refractivity contribution in [1.29, 1.82) is 0 Å². The molecule has 4 amide bonds. The summed E-state index contributed by atoms with van der Waals surface area (Å²) in [6, 6.07) is 7.79.